The van der Waals surface area contributed by atoms with E-state index in [1.54, 1.807) is 0 Å². The molecule has 0 fully saturated rings. The lowest BCUT2D eigenvalue weighted by Gasteiger charge is -2.19. The molecule has 3 N–H and O–H groups in total. The third-order valence-corrected chi connectivity index (χ3v) is 3.08. The van der Waals surface area contributed by atoms with E-state index in [1.165, 1.54) is 0 Å². The van der Waals surface area contributed by atoms with Gasteiger partial charge in [-0.2, -0.15) is 0 Å². The van der Waals surface area contributed by atoms with Crippen molar-refractivity contribution in [1.82, 2.24) is 5.32 Å². The average molecular weight is 264 g/mol. The maximum absolute atomic E-state index is 11.7. The van der Waals surface area contributed by atoms with Crippen LogP contribution in [0.15, 0.2) is 18.2 Å². The summed E-state index contributed by atoms with van der Waals surface area (Å²) in [7, 11) is 0. The lowest BCUT2D eigenvalue weighted by molar-refractivity contribution is -0.125. The van der Waals surface area contributed by atoms with Crippen molar-refractivity contribution in [2.24, 2.45) is 11.7 Å². The highest BCUT2D eigenvalue weighted by Gasteiger charge is 2.14. The quantitative estimate of drug-likeness (QED) is 0.823. The lowest BCUT2D eigenvalue weighted by Crippen LogP contribution is -2.41. The van der Waals surface area contributed by atoms with Gasteiger partial charge < -0.3 is 15.8 Å². The highest BCUT2D eigenvalue weighted by atomic mass is 16.5. The Morgan fingerprint density at radius 3 is 2.42 bits per heavy atom. The number of nitrogens with two attached hydrogens (primary N) is 1. The zero-order valence-electron chi connectivity index (χ0n) is 12.2. The van der Waals surface area contributed by atoms with Gasteiger partial charge in [-0.3, -0.25) is 4.79 Å². The van der Waals surface area contributed by atoms with Crippen LogP contribution in [0, 0.1) is 19.8 Å². The third-order valence-electron chi connectivity index (χ3n) is 3.08. The first-order valence-electron chi connectivity index (χ1n) is 6.65. The molecule has 19 heavy (non-hydrogen) atoms. The number of ether oxygens (including phenoxy) is 1. The molecule has 1 aromatic carbocycles. The van der Waals surface area contributed by atoms with Crippen LogP contribution in [0.4, 0.5) is 0 Å². The molecule has 0 aliphatic rings. The Morgan fingerprint density at radius 2 is 1.89 bits per heavy atom. The summed E-state index contributed by atoms with van der Waals surface area (Å²) in [6.07, 6.45) is 0. The average Bonchev–Trinajstić information content (AvgIpc) is 2.37. The van der Waals surface area contributed by atoms with Gasteiger partial charge in [0.15, 0.2) is 0 Å². The van der Waals surface area contributed by atoms with Gasteiger partial charge >= 0.3 is 0 Å². The molecule has 1 rings (SSSR count). The second-order valence-electron chi connectivity index (χ2n) is 5.08. The summed E-state index contributed by atoms with van der Waals surface area (Å²) in [4.78, 5) is 11.7. The zero-order valence-corrected chi connectivity index (χ0v) is 12.2. The van der Waals surface area contributed by atoms with Crippen LogP contribution < -0.4 is 15.8 Å². The van der Waals surface area contributed by atoms with Crippen LogP contribution >= 0.6 is 0 Å². The number of aryl methyl sites for hydroxylation is 2. The fourth-order valence-electron chi connectivity index (χ4n) is 1.77. The molecule has 1 aromatic rings. The fraction of sp³-hybridized carbons (Fsp3) is 0.533. The minimum atomic E-state index is -0.164. The van der Waals surface area contributed by atoms with Crippen LogP contribution in [0.1, 0.15) is 25.0 Å². The topological polar surface area (TPSA) is 64.3 Å². The smallest absolute Gasteiger partial charge is 0.224 e. The molecular formula is C15H24N2O2. The first-order valence-corrected chi connectivity index (χ1v) is 6.65. The molecule has 106 valence electrons. The highest BCUT2D eigenvalue weighted by Crippen LogP contribution is 2.22. The largest absolute Gasteiger partial charge is 0.491 e. The van der Waals surface area contributed by atoms with E-state index < -0.39 is 0 Å². The van der Waals surface area contributed by atoms with Gasteiger partial charge in [0.05, 0.1) is 6.04 Å². The summed E-state index contributed by atoms with van der Waals surface area (Å²) in [6.45, 7) is 8.58. The predicted molar refractivity (Wildman–Crippen MR) is 77.2 cm³/mol. The van der Waals surface area contributed by atoms with Crippen molar-refractivity contribution >= 4 is 5.91 Å². The Balaban J connectivity index is 2.51. The molecule has 4 nitrogen and oxygen atoms in total. The summed E-state index contributed by atoms with van der Waals surface area (Å²) in [5.74, 6) is 0.707. The van der Waals surface area contributed by atoms with E-state index in [9.17, 15) is 4.79 Å². The van der Waals surface area contributed by atoms with E-state index >= 15 is 0 Å². The van der Waals surface area contributed by atoms with Crippen LogP contribution in [0.25, 0.3) is 0 Å². The van der Waals surface area contributed by atoms with Crippen molar-refractivity contribution in [1.29, 1.82) is 0 Å². The third kappa shape index (κ3) is 4.56. The molecule has 0 aromatic heterocycles. The molecule has 0 bridgehead atoms. The van der Waals surface area contributed by atoms with Crippen LogP contribution in [0.3, 0.4) is 0 Å². The van der Waals surface area contributed by atoms with Crippen LogP contribution in [-0.4, -0.2) is 25.1 Å². The van der Waals surface area contributed by atoms with Gasteiger partial charge in [0.2, 0.25) is 5.91 Å². The number of amides is 1. The van der Waals surface area contributed by atoms with Crippen molar-refractivity contribution in [2.45, 2.75) is 33.7 Å². The molecule has 0 radical (unpaired) electrons. The van der Waals surface area contributed by atoms with Gasteiger partial charge in [-0.15, -0.1) is 0 Å². The van der Waals surface area contributed by atoms with Gasteiger partial charge in [-0.25, -0.2) is 0 Å². The van der Waals surface area contributed by atoms with Crippen molar-refractivity contribution in [3.8, 4) is 5.75 Å². The predicted octanol–water partition coefficient (Wildman–Crippen LogP) is 1.78. The van der Waals surface area contributed by atoms with E-state index in [2.05, 4.69) is 5.32 Å². The van der Waals surface area contributed by atoms with Gasteiger partial charge in [0.1, 0.15) is 12.4 Å². The molecule has 0 saturated heterocycles. The number of nitrogens with one attached hydrogen (secondary N) is 1. The van der Waals surface area contributed by atoms with Crippen molar-refractivity contribution in [3.05, 3.63) is 29.3 Å². The van der Waals surface area contributed by atoms with Crippen LogP contribution in [0.5, 0.6) is 5.75 Å². The second-order valence-corrected chi connectivity index (χ2v) is 5.08. The number of carbonyl (C=O) groups is 1. The Labute approximate surface area is 115 Å². The summed E-state index contributed by atoms with van der Waals surface area (Å²) >= 11 is 0. The van der Waals surface area contributed by atoms with E-state index in [0.29, 0.717) is 13.2 Å². The number of carbonyl (C=O) groups excluding carboxylic acids is 1. The number of hydrogen-bond acceptors (Lipinski definition) is 3. The summed E-state index contributed by atoms with van der Waals surface area (Å²) in [5.41, 5.74) is 7.67. The molecular weight excluding hydrogens is 240 g/mol. The number of benzene rings is 1. The molecule has 2 atom stereocenters. The maximum atomic E-state index is 11.7. The van der Waals surface area contributed by atoms with Crippen molar-refractivity contribution < 1.29 is 9.53 Å². The molecule has 1 amide bonds. The lowest BCUT2D eigenvalue weighted by atomic mass is 10.1. The van der Waals surface area contributed by atoms with E-state index in [0.717, 1.165) is 16.9 Å². The van der Waals surface area contributed by atoms with Crippen molar-refractivity contribution in [2.75, 3.05) is 13.2 Å². The molecule has 0 heterocycles. The molecule has 2 unspecified atom stereocenters. The van der Waals surface area contributed by atoms with E-state index in [-0.39, 0.29) is 17.9 Å². The zero-order chi connectivity index (χ0) is 14.4. The monoisotopic (exact) mass is 264 g/mol. The van der Waals surface area contributed by atoms with E-state index in [4.69, 9.17) is 10.5 Å². The number of hydrogen-bond donors (Lipinski definition) is 2. The Hall–Kier alpha value is -1.55. The Bertz CT molecular complexity index is 412. The fourth-order valence-corrected chi connectivity index (χ4v) is 1.77. The van der Waals surface area contributed by atoms with E-state index in [1.807, 2.05) is 45.9 Å². The number of para-hydroxylation sites is 1. The standard InChI is InChI=1S/C15H24N2O2/c1-10-6-5-7-11(2)14(10)19-9-13(4)17-15(18)12(3)8-16/h5-7,12-13H,8-9,16H2,1-4H3,(H,17,18). The van der Waals surface area contributed by atoms with Crippen molar-refractivity contribution in [3.63, 3.8) is 0 Å². The SMILES string of the molecule is Cc1cccc(C)c1OCC(C)NC(=O)C(C)CN. The summed E-state index contributed by atoms with van der Waals surface area (Å²) in [5, 5.41) is 2.90. The summed E-state index contributed by atoms with van der Waals surface area (Å²) in [6, 6.07) is 6.00. The normalized spacial score (nSPS) is 13.7. The summed E-state index contributed by atoms with van der Waals surface area (Å²) < 4.78 is 5.80. The maximum Gasteiger partial charge on any atom is 0.224 e. The van der Waals surface area contributed by atoms with Gasteiger partial charge in [-0.05, 0) is 31.9 Å². The van der Waals surface area contributed by atoms with Crippen LogP contribution in [0.2, 0.25) is 0 Å². The molecule has 0 saturated carbocycles. The van der Waals surface area contributed by atoms with Gasteiger partial charge in [-0.1, -0.05) is 25.1 Å². The Kier molecular flexibility index (Phi) is 5.83. The minimum absolute atomic E-state index is 0.0277. The van der Waals surface area contributed by atoms with Gasteiger partial charge in [0, 0.05) is 12.5 Å². The number of rotatable bonds is 6. The first-order chi connectivity index (χ1) is 8.95. The molecule has 0 aliphatic heterocycles. The molecule has 0 aliphatic carbocycles. The first kappa shape index (κ1) is 15.5. The minimum Gasteiger partial charge on any atom is -0.491 e. The second kappa shape index (κ2) is 7.14. The molecule has 4 heteroatoms. The van der Waals surface area contributed by atoms with Gasteiger partial charge in [0.25, 0.3) is 0 Å². The highest BCUT2D eigenvalue weighted by molar-refractivity contribution is 5.78. The Morgan fingerprint density at radius 1 is 1.32 bits per heavy atom. The van der Waals surface area contributed by atoms with Crippen LogP contribution in [-0.2, 0) is 4.79 Å². The molecule has 0 spiro atoms.